The van der Waals surface area contributed by atoms with Crippen LogP contribution >= 0.6 is 0 Å². The van der Waals surface area contributed by atoms with Gasteiger partial charge in [0.1, 0.15) is 5.75 Å². The normalized spacial score (nSPS) is 14.5. The zero-order valence-electron chi connectivity index (χ0n) is 18.0. The van der Waals surface area contributed by atoms with Gasteiger partial charge < -0.3 is 24.6 Å². The molecule has 0 aliphatic carbocycles. The van der Waals surface area contributed by atoms with E-state index in [4.69, 9.17) is 14.5 Å². The summed E-state index contributed by atoms with van der Waals surface area (Å²) in [5, 5.41) is 14.2. The second-order valence-corrected chi connectivity index (χ2v) is 7.16. The molecule has 9 heteroatoms. The highest BCUT2D eigenvalue weighted by Gasteiger charge is 2.20. The first kappa shape index (κ1) is 22.4. The molecule has 0 radical (unpaired) electrons. The number of nitro groups is 1. The number of ether oxygens (including phenoxy) is 2. The molecule has 166 valence electrons. The van der Waals surface area contributed by atoms with Crippen LogP contribution in [0.25, 0.3) is 0 Å². The van der Waals surface area contributed by atoms with Gasteiger partial charge in [-0.05, 0) is 29.8 Å². The monoisotopic (exact) mass is 427 g/mol. The second-order valence-electron chi connectivity index (χ2n) is 7.16. The molecular weight excluding hydrogens is 398 g/mol. The molecule has 3 rings (SSSR count). The molecule has 0 unspecified atom stereocenters. The van der Waals surface area contributed by atoms with Gasteiger partial charge in [-0.3, -0.25) is 10.1 Å². The highest BCUT2D eigenvalue weighted by Crippen LogP contribution is 2.20. The highest BCUT2D eigenvalue weighted by atomic mass is 16.6. The molecule has 0 aromatic heterocycles. The van der Waals surface area contributed by atoms with Crippen LogP contribution in [0.2, 0.25) is 0 Å². The molecule has 2 aromatic rings. The number of nitro benzene ring substituents is 1. The Kier molecular flexibility index (Phi) is 8.05. The van der Waals surface area contributed by atoms with Crippen LogP contribution in [0, 0.1) is 10.1 Å². The summed E-state index contributed by atoms with van der Waals surface area (Å²) in [6.07, 6.45) is 0. The van der Waals surface area contributed by atoms with Crippen molar-refractivity contribution in [3.05, 3.63) is 64.2 Å². The number of guanidine groups is 1. The van der Waals surface area contributed by atoms with Crippen molar-refractivity contribution < 1.29 is 14.4 Å². The number of nitrogens with zero attached hydrogens (tertiary/aromatic N) is 4. The van der Waals surface area contributed by atoms with Gasteiger partial charge in [-0.15, -0.1) is 0 Å². The molecular formula is C22H29N5O4. The molecule has 31 heavy (non-hydrogen) atoms. The SMILES string of the molecule is COCCNC(=NCc1ccc([N+](=O)[O-])cc1)N1CCN(c2ccc(OC)cc2)CC1. The van der Waals surface area contributed by atoms with Crippen molar-refractivity contribution in [2.75, 3.05) is 58.5 Å². The lowest BCUT2D eigenvalue weighted by Gasteiger charge is -2.37. The van der Waals surface area contributed by atoms with Crippen molar-refractivity contribution in [2.24, 2.45) is 4.99 Å². The van der Waals surface area contributed by atoms with E-state index in [-0.39, 0.29) is 5.69 Å². The zero-order valence-corrected chi connectivity index (χ0v) is 18.0. The maximum Gasteiger partial charge on any atom is 0.269 e. The van der Waals surface area contributed by atoms with E-state index in [1.165, 1.54) is 17.8 Å². The van der Waals surface area contributed by atoms with Gasteiger partial charge in [0.15, 0.2) is 5.96 Å². The van der Waals surface area contributed by atoms with Crippen molar-refractivity contribution in [1.82, 2.24) is 10.2 Å². The molecule has 2 aromatic carbocycles. The largest absolute Gasteiger partial charge is 0.497 e. The van der Waals surface area contributed by atoms with Crippen LogP contribution < -0.4 is 15.0 Å². The van der Waals surface area contributed by atoms with Gasteiger partial charge in [0, 0.05) is 57.7 Å². The minimum Gasteiger partial charge on any atom is -0.497 e. The lowest BCUT2D eigenvalue weighted by Crippen LogP contribution is -2.53. The Morgan fingerprint density at radius 1 is 1.06 bits per heavy atom. The Morgan fingerprint density at radius 2 is 1.74 bits per heavy atom. The lowest BCUT2D eigenvalue weighted by molar-refractivity contribution is -0.384. The molecule has 1 aliphatic heterocycles. The minimum atomic E-state index is -0.396. The molecule has 0 bridgehead atoms. The van der Waals surface area contributed by atoms with E-state index in [0.717, 1.165) is 43.5 Å². The molecule has 1 saturated heterocycles. The summed E-state index contributed by atoms with van der Waals surface area (Å²) in [7, 11) is 3.34. The molecule has 1 heterocycles. The van der Waals surface area contributed by atoms with Gasteiger partial charge in [-0.2, -0.15) is 0 Å². The quantitative estimate of drug-likeness (QED) is 0.227. The average molecular weight is 428 g/mol. The van der Waals surface area contributed by atoms with Crippen LogP contribution in [0.15, 0.2) is 53.5 Å². The number of non-ortho nitro benzene ring substituents is 1. The summed E-state index contributed by atoms with van der Waals surface area (Å²) in [5.74, 6) is 1.68. The van der Waals surface area contributed by atoms with Gasteiger partial charge in [0.05, 0.1) is 25.2 Å². The number of rotatable bonds is 8. The van der Waals surface area contributed by atoms with Gasteiger partial charge in [0.2, 0.25) is 0 Å². The van der Waals surface area contributed by atoms with E-state index in [1.807, 2.05) is 12.1 Å². The zero-order chi connectivity index (χ0) is 22.1. The van der Waals surface area contributed by atoms with Crippen LogP contribution in [0.4, 0.5) is 11.4 Å². The molecule has 0 saturated carbocycles. The highest BCUT2D eigenvalue weighted by molar-refractivity contribution is 5.80. The fraction of sp³-hybridized carbons (Fsp3) is 0.409. The smallest absolute Gasteiger partial charge is 0.269 e. The predicted octanol–water partition coefficient (Wildman–Crippen LogP) is 2.52. The number of anilines is 1. The molecule has 1 aliphatic rings. The van der Waals surface area contributed by atoms with E-state index >= 15 is 0 Å². The van der Waals surface area contributed by atoms with Gasteiger partial charge >= 0.3 is 0 Å². The minimum absolute atomic E-state index is 0.0841. The summed E-state index contributed by atoms with van der Waals surface area (Å²) >= 11 is 0. The first-order valence-corrected chi connectivity index (χ1v) is 10.2. The second kappa shape index (κ2) is 11.2. The van der Waals surface area contributed by atoms with Crippen molar-refractivity contribution in [1.29, 1.82) is 0 Å². The molecule has 0 spiro atoms. The summed E-state index contributed by atoms with van der Waals surface area (Å²) in [6, 6.07) is 14.6. The summed E-state index contributed by atoms with van der Waals surface area (Å²) < 4.78 is 10.4. The van der Waals surface area contributed by atoms with E-state index in [1.54, 1.807) is 26.4 Å². The van der Waals surface area contributed by atoms with Crippen LogP contribution in [0.1, 0.15) is 5.56 Å². The van der Waals surface area contributed by atoms with Crippen LogP contribution in [-0.4, -0.2) is 69.3 Å². The predicted molar refractivity (Wildman–Crippen MR) is 121 cm³/mol. The maximum absolute atomic E-state index is 10.8. The number of benzene rings is 2. The summed E-state index contributed by atoms with van der Waals surface area (Å²) in [4.78, 5) is 19.8. The van der Waals surface area contributed by atoms with Gasteiger partial charge in [-0.1, -0.05) is 12.1 Å². The van der Waals surface area contributed by atoms with E-state index in [0.29, 0.717) is 19.7 Å². The van der Waals surface area contributed by atoms with Crippen molar-refractivity contribution >= 4 is 17.3 Å². The third kappa shape index (κ3) is 6.32. The molecule has 1 fully saturated rings. The first-order valence-electron chi connectivity index (χ1n) is 10.2. The number of hydrogen-bond donors (Lipinski definition) is 1. The Bertz CT molecular complexity index is 862. The third-order valence-corrected chi connectivity index (χ3v) is 5.16. The Hall–Kier alpha value is -3.33. The van der Waals surface area contributed by atoms with Crippen LogP contribution in [0.5, 0.6) is 5.75 Å². The van der Waals surface area contributed by atoms with Crippen molar-refractivity contribution in [2.45, 2.75) is 6.54 Å². The van der Waals surface area contributed by atoms with E-state index in [2.05, 4.69) is 27.2 Å². The topological polar surface area (TPSA) is 92.5 Å². The van der Waals surface area contributed by atoms with Crippen molar-refractivity contribution in [3.8, 4) is 5.75 Å². The number of hydrogen-bond acceptors (Lipinski definition) is 6. The van der Waals surface area contributed by atoms with E-state index < -0.39 is 4.92 Å². The first-order chi connectivity index (χ1) is 15.1. The molecule has 0 atom stereocenters. The third-order valence-electron chi connectivity index (χ3n) is 5.16. The molecule has 1 N–H and O–H groups in total. The number of aliphatic imine (C=N–C) groups is 1. The summed E-state index contributed by atoms with van der Waals surface area (Å²) in [6.45, 7) is 5.14. The maximum atomic E-state index is 10.8. The number of piperazine rings is 1. The van der Waals surface area contributed by atoms with Crippen LogP contribution in [0.3, 0.4) is 0 Å². The Labute approximate surface area is 182 Å². The fourth-order valence-electron chi connectivity index (χ4n) is 3.39. The molecule has 0 amide bonds. The summed E-state index contributed by atoms with van der Waals surface area (Å²) in [5.41, 5.74) is 2.19. The molecule has 9 nitrogen and oxygen atoms in total. The average Bonchev–Trinajstić information content (AvgIpc) is 2.82. The number of methoxy groups -OCH3 is 2. The lowest BCUT2D eigenvalue weighted by atomic mass is 10.2. The Balaban J connectivity index is 1.62. The van der Waals surface area contributed by atoms with Gasteiger partial charge in [0.25, 0.3) is 5.69 Å². The van der Waals surface area contributed by atoms with Crippen molar-refractivity contribution in [3.63, 3.8) is 0 Å². The standard InChI is InChI=1S/C22H29N5O4/c1-30-16-11-23-22(24-17-18-3-5-20(6-4-18)27(28)29)26-14-12-25(13-15-26)19-7-9-21(31-2)10-8-19/h3-10H,11-17H2,1-2H3,(H,23,24). The van der Waals surface area contributed by atoms with Gasteiger partial charge in [-0.25, -0.2) is 4.99 Å². The Morgan fingerprint density at radius 3 is 2.32 bits per heavy atom. The van der Waals surface area contributed by atoms with E-state index in [9.17, 15) is 10.1 Å². The van der Waals surface area contributed by atoms with Crippen LogP contribution in [-0.2, 0) is 11.3 Å². The fourth-order valence-corrected chi connectivity index (χ4v) is 3.39. The number of nitrogens with one attached hydrogen (secondary N) is 1.